The van der Waals surface area contributed by atoms with Gasteiger partial charge in [-0.15, -0.1) is 0 Å². The van der Waals surface area contributed by atoms with E-state index in [9.17, 15) is 19.5 Å². The minimum absolute atomic E-state index is 0.0490. The topological polar surface area (TPSA) is 107 Å². The number of fused-ring (bicyclic) bond motifs is 1. The summed E-state index contributed by atoms with van der Waals surface area (Å²) in [5.41, 5.74) is 6.03. The van der Waals surface area contributed by atoms with Crippen molar-refractivity contribution in [1.29, 1.82) is 0 Å². The van der Waals surface area contributed by atoms with Crippen LogP contribution in [0.5, 0.6) is 0 Å². The molecule has 8 heteroatoms. The number of hydrogen-bond acceptors (Lipinski definition) is 5. The largest absolute Gasteiger partial charge is 0.477 e. The second kappa shape index (κ2) is 6.64. The molecule has 2 heterocycles. The Morgan fingerprint density at radius 3 is 2.56 bits per heavy atom. The number of aliphatic carboxylic acids is 1. The van der Waals surface area contributed by atoms with Gasteiger partial charge in [0, 0.05) is 6.54 Å². The number of thioether (sulfide) groups is 1. The van der Waals surface area contributed by atoms with Gasteiger partial charge < -0.3 is 10.8 Å². The lowest BCUT2D eigenvalue weighted by Crippen LogP contribution is -2.43. The minimum atomic E-state index is -1.17. The van der Waals surface area contributed by atoms with Crippen molar-refractivity contribution in [3.63, 3.8) is 0 Å². The number of rotatable bonds is 4. The van der Waals surface area contributed by atoms with Gasteiger partial charge in [0.25, 0.3) is 5.56 Å². The fraction of sp³-hybridized carbons (Fsp3) is 0.235. The highest BCUT2D eigenvalue weighted by molar-refractivity contribution is 8.04. The van der Waals surface area contributed by atoms with Crippen molar-refractivity contribution in [3.8, 4) is 11.1 Å². The molecule has 1 aliphatic heterocycles. The van der Waals surface area contributed by atoms with E-state index >= 15 is 0 Å². The predicted octanol–water partition coefficient (Wildman–Crippen LogP) is 1.45. The minimum Gasteiger partial charge on any atom is -0.477 e. The van der Waals surface area contributed by atoms with Crippen LogP contribution in [0.15, 0.2) is 55.5 Å². The molecule has 0 saturated carbocycles. The molecule has 1 aliphatic rings. The zero-order valence-corrected chi connectivity index (χ0v) is 14.4. The number of carboxylic acid groups (broad SMARTS) is 1. The Balaban J connectivity index is 2.35. The van der Waals surface area contributed by atoms with Crippen LogP contribution in [-0.2, 0) is 17.9 Å². The fourth-order valence-electron chi connectivity index (χ4n) is 2.78. The van der Waals surface area contributed by atoms with Crippen molar-refractivity contribution in [3.05, 3.63) is 61.8 Å². The van der Waals surface area contributed by atoms with Gasteiger partial charge in [-0.1, -0.05) is 49.0 Å². The summed E-state index contributed by atoms with van der Waals surface area (Å²) in [6, 6.07) is 8.93. The van der Waals surface area contributed by atoms with Crippen LogP contribution in [0.1, 0.15) is 13.3 Å². The van der Waals surface area contributed by atoms with Gasteiger partial charge in [-0.05, 0) is 12.0 Å². The van der Waals surface area contributed by atoms with Gasteiger partial charge in [-0.3, -0.25) is 13.9 Å². The van der Waals surface area contributed by atoms with E-state index in [0.29, 0.717) is 22.6 Å². The van der Waals surface area contributed by atoms with E-state index in [-0.39, 0.29) is 23.7 Å². The van der Waals surface area contributed by atoms with Crippen molar-refractivity contribution in [2.24, 2.45) is 5.73 Å². The quantitative estimate of drug-likeness (QED) is 0.800. The summed E-state index contributed by atoms with van der Waals surface area (Å²) in [4.78, 5) is 37.0. The standard InChI is InChI=1S/C17H17N3O4S/c1-2-8-19-14(21)12(10-6-4-3-5-7-10)15-20(17(19)24)9-11(18)13(25-15)16(22)23/h3-7H,2,8-9,18H2,1H3,(H,22,23). The number of nitrogens with zero attached hydrogens (tertiary/aromatic N) is 2. The molecule has 0 fully saturated rings. The van der Waals surface area contributed by atoms with E-state index in [1.165, 1.54) is 9.13 Å². The molecule has 0 radical (unpaired) electrons. The fourth-order valence-corrected chi connectivity index (χ4v) is 3.82. The highest BCUT2D eigenvalue weighted by atomic mass is 32.2. The Morgan fingerprint density at radius 2 is 1.96 bits per heavy atom. The molecule has 0 atom stereocenters. The summed E-state index contributed by atoms with van der Waals surface area (Å²) in [5, 5.41) is 9.66. The summed E-state index contributed by atoms with van der Waals surface area (Å²) in [6.45, 7) is 2.12. The predicted molar refractivity (Wildman–Crippen MR) is 95.4 cm³/mol. The third kappa shape index (κ3) is 2.89. The van der Waals surface area contributed by atoms with Crippen molar-refractivity contribution in [1.82, 2.24) is 9.13 Å². The Bertz CT molecular complexity index is 989. The van der Waals surface area contributed by atoms with Crippen LogP contribution in [0.3, 0.4) is 0 Å². The number of carbonyl (C=O) groups is 1. The summed E-state index contributed by atoms with van der Waals surface area (Å²) in [6.07, 6.45) is 0.627. The van der Waals surface area contributed by atoms with E-state index in [2.05, 4.69) is 0 Å². The van der Waals surface area contributed by atoms with Crippen LogP contribution in [0.4, 0.5) is 0 Å². The van der Waals surface area contributed by atoms with Gasteiger partial charge in [0.1, 0.15) is 4.91 Å². The van der Waals surface area contributed by atoms with E-state index in [1.807, 2.05) is 13.0 Å². The zero-order valence-electron chi connectivity index (χ0n) is 13.6. The SMILES string of the molecule is CCCn1c(=O)c(-c2ccccc2)c2n(c1=O)CC(N)=C(C(=O)O)S2. The van der Waals surface area contributed by atoms with E-state index < -0.39 is 17.2 Å². The molecule has 1 aromatic carbocycles. The maximum absolute atomic E-state index is 13.0. The first kappa shape index (κ1) is 17.1. The molecule has 130 valence electrons. The number of carboxylic acids is 1. The van der Waals surface area contributed by atoms with Crippen LogP contribution in [0.25, 0.3) is 11.1 Å². The van der Waals surface area contributed by atoms with Crippen molar-refractivity contribution >= 4 is 17.7 Å². The number of hydrogen-bond donors (Lipinski definition) is 2. The maximum atomic E-state index is 13.0. The second-order valence-corrected chi connectivity index (χ2v) is 6.63. The first-order valence-corrected chi connectivity index (χ1v) is 8.60. The van der Waals surface area contributed by atoms with Crippen molar-refractivity contribution in [2.75, 3.05) is 0 Å². The van der Waals surface area contributed by atoms with Crippen LogP contribution < -0.4 is 17.0 Å². The molecule has 0 unspecified atom stereocenters. The van der Waals surface area contributed by atoms with Crippen molar-refractivity contribution in [2.45, 2.75) is 31.5 Å². The van der Waals surface area contributed by atoms with Gasteiger partial charge in [-0.25, -0.2) is 9.59 Å². The third-order valence-electron chi connectivity index (χ3n) is 3.90. The van der Waals surface area contributed by atoms with Crippen LogP contribution in [-0.4, -0.2) is 20.2 Å². The normalized spacial score (nSPS) is 13.6. The van der Waals surface area contributed by atoms with Crippen LogP contribution in [0, 0.1) is 0 Å². The molecule has 0 bridgehead atoms. The average Bonchev–Trinajstić information content (AvgIpc) is 2.59. The van der Waals surface area contributed by atoms with Crippen molar-refractivity contribution < 1.29 is 9.90 Å². The zero-order chi connectivity index (χ0) is 18.1. The lowest BCUT2D eigenvalue weighted by atomic mass is 10.1. The van der Waals surface area contributed by atoms with E-state index in [0.717, 1.165) is 11.8 Å². The number of benzene rings is 1. The maximum Gasteiger partial charge on any atom is 0.344 e. The molecule has 7 nitrogen and oxygen atoms in total. The van der Waals surface area contributed by atoms with Gasteiger partial charge in [0.05, 0.1) is 22.8 Å². The highest BCUT2D eigenvalue weighted by Gasteiger charge is 2.28. The second-order valence-electron chi connectivity index (χ2n) is 5.63. The van der Waals surface area contributed by atoms with E-state index in [4.69, 9.17) is 5.73 Å². The number of aromatic nitrogens is 2. The molecular formula is C17H17N3O4S. The monoisotopic (exact) mass is 359 g/mol. The Kier molecular flexibility index (Phi) is 4.54. The lowest BCUT2D eigenvalue weighted by Gasteiger charge is -2.23. The molecule has 3 rings (SSSR count). The summed E-state index contributed by atoms with van der Waals surface area (Å²) in [7, 11) is 0. The summed E-state index contributed by atoms with van der Waals surface area (Å²) < 4.78 is 2.57. The molecule has 0 spiro atoms. The Morgan fingerprint density at radius 1 is 1.28 bits per heavy atom. The van der Waals surface area contributed by atoms with Gasteiger partial charge in [0.15, 0.2) is 0 Å². The first-order chi connectivity index (χ1) is 12.0. The van der Waals surface area contributed by atoms with Gasteiger partial charge in [-0.2, -0.15) is 0 Å². The van der Waals surface area contributed by atoms with Gasteiger partial charge >= 0.3 is 11.7 Å². The molecule has 0 amide bonds. The Labute approximate surface area is 147 Å². The third-order valence-corrected chi connectivity index (χ3v) is 5.16. The lowest BCUT2D eigenvalue weighted by molar-refractivity contribution is -0.131. The summed E-state index contributed by atoms with van der Waals surface area (Å²) in [5.74, 6) is -1.17. The van der Waals surface area contributed by atoms with E-state index in [1.54, 1.807) is 24.3 Å². The van der Waals surface area contributed by atoms with Gasteiger partial charge in [0.2, 0.25) is 0 Å². The molecule has 0 saturated heterocycles. The smallest absolute Gasteiger partial charge is 0.344 e. The molecule has 3 N–H and O–H groups in total. The van der Waals surface area contributed by atoms with Crippen LogP contribution in [0.2, 0.25) is 0 Å². The molecule has 0 aliphatic carbocycles. The Hall–Kier alpha value is -2.74. The summed E-state index contributed by atoms with van der Waals surface area (Å²) >= 11 is 0.855. The molecule has 2 aromatic rings. The molecule has 25 heavy (non-hydrogen) atoms. The average molecular weight is 359 g/mol. The first-order valence-electron chi connectivity index (χ1n) is 7.78. The number of nitrogens with two attached hydrogens (primary N) is 1. The molecular weight excluding hydrogens is 342 g/mol. The highest BCUT2D eigenvalue weighted by Crippen LogP contribution is 2.37. The molecule has 1 aromatic heterocycles. The number of allylic oxidation sites excluding steroid dienone is 1. The van der Waals surface area contributed by atoms with Crippen LogP contribution >= 0.6 is 11.8 Å².